The Hall–Kier alpha value is -1.50. The average molecular weight is 351 g/mol. The normalized spacial score (nSPS) is 10.5. The SMILES string of the molecule is NC(=S)c1ccc(Nc2c(Cl)cc(F)cc2Cl)c(F)c1F. The first-order chi connectivity index (χ1) is 9.81. The van der Waals surface area contributed by atoms with E-state index in [1.807, 2.05) is 0 Å². The van der Waals surface area contributed by atoms with E-state index < -0.39 is 17.5 Å². The van der Waals surface area contributed by atoms with Crippen molar-refractivity contribution < 1.29 is 13.2 Å². The number of benzene rings is 2. The highest BCUT2D eigenvalue weighted by Crippen LogP contribution is 2.35. The highest BCUT2D eigenvalue weighted by atomic mass is 35.5. The highest BCUT2D eigenvalue weighted by molar-refractivity contribution is 7.80. The predicted molar refractivity (Wildman–Crippen MR) is 81.9 cm³/mol. The fourth-order valence-electron chi connectivity index (χ4n) is 1.63. The molecule has 2 nitrogen and oxygen atoms in total. The molecule has 0 fully saturated rings. The molecular weight excluding hydrogens is 344 g/mol. The van der Waals surface area contributed by atoms with Crippen molar-refractivity contribution in [3.05, 3.63) is 57.3 Å². The Morgan fingerprint density at radius 1 is 1.05 bits per heavy atom. The summed E-state index contributed by atoms with van der Waals surface area (Å²) in [5.41, 5.74) is 4.88. The lowest BCUT2D eigenvalue weighted by atomic mass is 10.1. The standard InChI is InChI=1S/C13H7Cl2F3N2S/c14-7-3-5(16)4-8(15)12(7)20-9-2-1-6(13(19)21)10(17)11(9)18/h1-4,20H,(H2,19,21). The molecule has 0 bridgehead atoms. The third-order valence-corrected chi connectivity index (χ3v) is 3.43. The van der Waals surface area contributed by atoms with Crippen molar-refractivity contribution >= 4 is 51.8 Å². The highest BCUT2D eigenvalue weighted by Gasteiger charge is 2.17. The van der Waals surface area contributed by atoms with Gasteiger partial charge in [-0.25, -0.2) is 13.2 Å². The lowest BCUT2D eigenvalue weighted by molar-refractivity contribution is 0.510. The molecule has 21 heavy (non-hydrogen) atoms. The molecule has 0 radical (unpaired) electrons. The number of nitrogens with one attached hydrogen (secondary N) is 1. The monoisotopic (exact) mass is 350 g/mol. The smallest absolute Gasteiger partial charge is 0.182 e. The minimum atomic E-state index is -1.20. The van der Waals surface area contributed by atoms with E-state index in [-0.39, 0.29) is 32.0 Å². The number of thiocarbonyl (C=S) groups is 1. The second-order valence-corrected chi connectivity index (χ2v) is 5.28. The fraction of sp³-hybridized carbons (Fsp3) is 0. The van der Waals surface area contributed by atoms with Crippen molar-refractivity contribution in [2.24, 2.45) is 5.73 Å². The third kappa shape index (κ3) is 3.23. The minimum Gasteiger partial charge on any atom is -0.389 e. The Bertz CT molecular complexity index is 715. The van der Waals surface area contributed by atoms with Crippen molar-refractivity contribution in [2.75, 3.05) is 5.32 Å². The molecule has 0 heterocycles. The van der Waals surface area contributed by atoms with Crippen molar-refractivity contribution in [1.29, 1.82) is 0 Å². The van der Waals surface area contributed by atoms with Crippen molar-refractivity contribution in [2.45, 2.75) is 0 Å². The molecule has 0 spiro atoms. The molecule has 0 aliphatic heterocycles. The topological polar surface area (TPSA) is 38.0 Å². The van der Waals surface area contributed by atoms with E-state index in [2.05, 4.69) is 17.5 Å². The Kier molecular flexibility index (Phi) is 4.61. The maximum atomic E-state index is 13.9. The van der Waals surface area contributed by atoms with E-state index in [9.17, 15) is 13.2 Å². The van der Waals surface area contributed by atoms with E-state index in [1.165, 1.54) is 12.1 Å². The van der Waals surface area contributed by atoms with Gasteiger partial charge in [0.25, 0.3) is 0 Å². The second kappa shape index (κ2) is 6.09. The molecular formula is C13H7Cl2F3N2S. The molecule has 0 aliphatic rings. The van der Waals surface area contributed by atoms with Gasteiger partial charge in [-0.3, -0.25) is 0 Å². The lowest BCUT2D eigenvalue weighted by Crippen LogP contribution is -2.13. The van der Waals surface area contributed by atoms with Gasteiger partial charge in [0.2, 0.25) is 0 Å². The van der Waals surface area contributed by atoms with Crippen molar-refractivity contribution in [3.63, 3.8) is 0 Å². The summed E-state index contributed by atoms with van der Waals surface area (Å²) in [7, 11) is 0. The quantitative estimate of drug-likeness (QED) is 0.781. The van der Waals surface area contributed by atoms with Gasteiger partial charge in [-0.15, -0.1) is 0 Å². The molecule has 0 amide bonds. The van der Waals surface area contributed by atoms with Crippen LogP contribution in [0.3, 0.4) is 0 Å². The number of anilines is 2. The largest absolute Gasteiger partial charge is 0.389 e. The zero-order valence-corrected chi connectivity index (χ0v) is 12.5. The van der Waals surface area contributed by atoms with E-state index in [0.29, 0.717) is 0 Å². The summed E-state index contributed by atoms with van der Waals surface area (Å²) >= 11 is 16.2. The van der Waals surface area contributed by atoms with Crippen molar-refractivity contribution in [3.8, 4) is 0 Å². The van der Waals surface area contributed by atoms with Gasteiger partial charge in [-0.2, -0.15) is 0 Å². The maximum Gasteiger partial charge on any atom is 0.182 e. The lowest BCUT2D eigenvalue weighted by Gasteiger charge is -2.13. The van der Waals surface area contributed by atoms with E-state index in [1.54, 1.807) is 0 Å². The van der Waals surface area contributed by atoms with Crippen LogP contribution in [0, 0.1) is 17.5 Å². The number of nitrogens with two attached hydrogens (primary N) is 1. The van der Waals surface area contributed by atoms with Gasteiger partial charge in [0.15, 0.2) is 11.6 Å². The summed E-state index contributed by atoms with van der Waals surface area (Å²) in [6.07, 6.45) is 0. The summed E-state index contributed by atoms with van der Waals surface area (Å²) in [4.78, 5) is -0.268. The van der Waals surface area contributed by atoms with Gasteiger partial charge in [-0.05, 0) is 24.3 Å². The Morgan fingerprint density at radius 3 is 2.14 bits per heavy atom. The Morgan fingerprint density at radius 2 is 1.62 bits per heavy atom. The van der Waals surface area contributed by atoms with E-state index >= 15 is 0 Å². The molecule has 0 saturated carbocycles. The van der Waals surface area contributed by atoms with Gasteiger partial charge in [0.05, 0.1) is 21.4 Å². The molecule has 0 aliphatic carbocycles. The van der Waals surface area contributed by atoms with Crippen molar-refractivity contribution in [1.82, 2.24) is 0 Å². The van der Waals surface area contributed by atoms with Crippen LogP contribution in [0.2, 0.25) is 10.0 Å². The summed E-state index contributed by atoms with van der Waals surface area (Å²) in [5.74, 6) is -3.04. The molecule has 0 atom stereocenters. The van der Waals surface area contributed by atoms with Gasteiger partial charge >= 0.3 is 0 Å². The minimum absolute atomic E-state index is 0.0566. The molecule has 110 valence electrons. The van der Waals surface area contributed by atoms with Crippen LogP contribution in [0.15, 0.2) is 24.3 Å². The summed E-state index contributed by atoms with van der Waals surface area (Å²) in [6.45, 7) is 0. The van der Waals surface area contributed by atoms with Gasteiger partial charge in [-0.1, -0.05) is 35.4 Å². The first-order valence-electron chi connectivity index (χ1n) is 5.50. The summed E-state index contributed by atoms with van der Waals surface area (Å²) in [6, 6.07) is 4.43. The molecule has 8 heteroatoms. The molecule has 0 saturated heterocycles. The van der Waals surface area contributed by atoms with Crippen LogP contribution in [0.25, 0.3) is 0 Å². The molecule has 3 N–H and O–H groups in total. The third-order valence-electron chi connectivity index (χ3n) is 2.61. The number of hydrogen-bond acceptors (Lipinski definition) is 2. The number of halogens is 5. The second-order valence-electron chi connectivity index (χ2n) is 4.02. The van der Waals surface area contributed by atoms with Gasteiger partial charge in [0, 0.05) is 5.56 Å². The Labute approximate surface area is 133 Å². The first-order valence-corrected chi connectivity index (χ1v) is 6.67. The summed E-state index contributed by atoms with van der Waals surface area (Å²) in [5, 5.41) is 2.37. The molecule has 2 aromatic carbocycles. The average Bonchev–Trinajstić information content (AvgIpc) is 2.38. The van der Waals surface area contributed by atoms with Crippen LogP contribution in [-0.2, 0) is 0 Å². The number of rotatable bonds is 3. The van der Waals surface area contributed by atoms with Gasteiger partial charge in [0.1, 0.15) is 10.8 Å². The molecule has 2 rings (SSSR count). The summed E-state index contributed by atoms with van der Waals surface area (Å²) < 4.78 is 40.8. The zero-order chi connectivity index (χ0) is 15.7. The van der Waals surface area contributed by atoms with Crippen LogP contribution in [0.1, 0.15) is 5.56 Å². The maximum absolute atomic E-state index is 13.9. The molecule has 2 aromatic rings. The number of hydrogen-bond donors (Lipinski definition) is 2. The zero-order valence-electron chi connectivity index (χ0n) is 10.2. The van der Waals surface area contributed by atoms with Crippen LogP contribution < -0.4 is 11.1 Å². The van der Waals surface area contributed by atoms with Crippen LogP contribution in [0.5, 0.6) is 0 Å². The van der Waals surface area contributed by atoms with Gasteiger partial charge < -0.3 is 11.1 Å². The van der Waals surface area contributed by atoms with Crippen LogP contribution in [0.4, 0.5) is 24.5 Å². The van der Waals surface area contributed by atoms with E-state index in [0.717, 1.165) is 12.1 Å². The predicted octanol–water partition coefficient (Wildman–Crippen LogP) is 4.79. The molecule has 0 unspecified atom stereocenters. The molecule has 0 aromatic heterocycles. The van der Waals surface area contributed by atoms with Crippen LogP contribution in [-0.4, -0.2) is 4.99 Å². The first kappa shape index (κ1) is 15.9. The van der Waals surface area contributed by atoms with Crippen LogP contribution >= 0.6 is 35.4 Å². The van der Waals surface area contributed by atoms with E-state index in [4.69, 9.17) is 28.9 Å². The Balaban J connectivity index is 2.46. The fourth-order valence-corrected chi connectivity index (χ4v) is 2.35.